The van der Waals surface area contributed by atoms with Crippen molar-refractivity contribution in [1.82, 2.24) is 20.5 Å². The molecule has 0 unspecified atom stereocenters. The number of benzene rings is 1. The number of carbonyl (C=O) groups excluding carboxylic acids is 1. The number of aromatic nitrogens is 3. The lowest BCUT2D eigenvalue weighted by atomic mass is 10.1. The number of rotatable bonds is 8. The fraction of sp³-hybridized carbons (Fsp3) is 0.136. The van der Waals surface area contributed by atoms with Gasteiger partial charge in [-0.15, -0.1) is 10.2 Å². The Morgan fingerprint density at radius 3 is 2.59 bits per heavy atom. The van der Waals surface area contributed by atoms with Crippen molar-refractivity contribution in [3.8, 4) is 5.75 Å². The SMILES string of the molecule is COc1cccc2cc(C(=O)NCCNc3ccc(Nc4ccccn4)nn3)c(=O)oc12. The molecule has 3 N–H and O–H groups in total. The van der Waals surface area contributed by atoms with Crippen molar-refractivity contribution in [3.63, 3.8) is 0 Å². The molecule has 10 heteroatoms. The Balaban J connectivity index is 1.30. The van der Waals surface area contributed by atoms with Gasteiger partial charge in [-0.2, -0.15) is 0 Å². The van der Waals surface area contributed by atoms with Crippen LogP contribution in [0, 0.1) is 0 Å². The summed E-state index contributed by atoms with van der Waals surface area (Å²) in [4.78, 5) is 28.8. The largest absolute Gasteiger partial charge is 0.493 e. The monoisotopic (exact) mass is 432 g/mol. The van der Waals surface area contributed by atoms with E-state index in [1.165, 1.54) is 13.2 Å². The predicted molar refractivity (Wildman–Crippen MR) is 119 cm³/mol. The second-order valence-corrected chi connectivity index (χ2v) is 6.65. The summed E-state index contributed by atoms with van der Waals surface area (Å²) in [6.45, 7) is 0.657. The number of amides is 1. The highest BCUT2D eigenvalue weighted by Gasteiger charge is 2.15. The van der Waals surface area contributed by atoms with E-state index < -0.39 is 11.5 Å². The van der Waals surface area contributed by atoms with Crippen molar-refractivity contribution in [3.05, 3.63) is 76.8 Å². The summed E-state index contributed by atoms with van der Waals surface area (Å²) in [5, 5.41) is 17.5. The van der Waals surface area contributed by atoms with E-state index in [9.17, 15) is 9.59 Å². The van der Waals surface area contributed by atoms with Crippen LogP contribution in [0.4, 0.5) is 17.5 Å². The van der Waals surface area contributed by atoms with E-state index in [2.05, 4.69) is 31.1 Å². The van der Waals surface area contributed by atoms with Gasteiger partial charge in [0.25, 0.3) is 5.91 Å². The number of methoxy groups -OCH3 is 1. The summed E-state index contributed by atoms with van der Waals surface area (Å²) in [6.07, 6.45) is 1.68. The van der Waals surface area contributed by atoms with Gasteiger partial charge in [-0.3, -0.25) is 4.79 Å². The molecule has 32 heavy (non-hydrogen) atoms. The average Bonchev–Trinajstić information content (AvgIpc) is 2.82. The highest BCUT2D eigenvalue weighted by Crippen LogP contribution is 2.24. The van der Waals surface area contributed by atoms with Crippen LogP contribution < -0.4 is 26.3 Å². The first-order valence-electron chi connectivity index (χ1n) is 9.79. The third-order valence-electron chi connectivity index (χ3n) is 4.49. The van der Waals surface area contributed by atoms with Crippen molar-refractivity contribution in [2.24, 2.45) is 0 Å². The first-order valence-corrected chi connectivity index (χ1v) is 9.79. The molecule has 10 nitrogen and oxygen atoms in total. The molecule has 0 saturated carbocycles. The number of nitrogens with one attached hydrogen (secondary N) is 3. The molecule has 0 aliphatic rings. The molecule has 3 heterocycles. The summed E-state index contributed by atoms with van der Waals surface area (Å²) in [7, 11) is 1.48. The summed E-state index contributed by atoms with van der Waals surface area (Å²) < 4.78 is 10.5. The van der Waals surface area contributed by atoms with Gasteiger partial charge in [0.1, 0.15) is 17.2 Å². The van der Waals surface area contributed by atoms with Gasteiger partial charge in [0, 0.05) is 24.7 Å². The molecule has 4 rings (SSSR count). The molecule has 0 aliphatic heterocycles. The number of hydrogen-bond acceptors (Lipinski definition) is 9. The second-order valence-electron chi connectivity index (χ2n) is 6.65. The highest BCUT2D eigenvalue weighted by atomic mass is 16.5. The van der Waals surface area contributed by atoms with Gasteiger partial charge < -0.3 is 25.1 Å². The second kappa shape index (κ2) is 9.56. The van der Waals surface area contributed by atoms with Crippen molar-refractivity contribution in [1.29, 1.82) is 0 Å². The topological polar surface area (TPSA) is 131 Å². The molecule has 0 saturated heterocycles. The minimum absolute atomic E-state index is 0.0736. The van der Waals surface area contributed by atoms with E-state index in [1.54, 1.807) is 36.5 Å². The molecular weight excluding hydrogens is 412 g/mol. The Hall–Kier alpha value is -4.47. The van der Waals surface area contributed by atoms with Gasteiger partial charge in [-0.25, -0.2) is 9.78 Å². The van der Waals surface area contributed by atoms with Crippen LogP contribution in [0.1, 0.15) is 10.4 Å². The maximum absolute atomic E-state index is 12.4. The van der Waals surface area contributed by atoms with Crippen LogP contribution in [0.2, 0.25) is 0 Å². The van der Waals surface area contributed by atoms with Crippen LogP contribution in [0.3, 0.4) is 0 Å². The van der Waals surface area contributed by atoms with E-state index in [0.717, 1.165) is 0 Å². The quantitative estimate of drug-likeness (QED) is 0.284. The molecule has 162 valence electrons. The molecule has 0 fully saturated rings. The fourth-order valence-corrected chi connectivity index (χ4v) is 2.96. The first-order chi connectivity index (χ1) is 15.6. The van der Waals surface area contributed by atoms with Crippen LogP contribution in [0.5, 0.6) is 5.75 Å². The Morgan fingerprint density at radius 2 is 1.84 bits per heavy atom. The smallest absolute Gasteiger partial charge is 0.349 e. The van der Waals surface area contributed by atoms with Crippen molar-refractivity contribution < 1.29 is 13.9 Å². The third-order valence-corrected chi connectivity index (χ3v) is 4.49. The molecule has 4 aromatic rings. The number of anilines is 3. The van der Waals surface area contributed by atoms with Gasteiger partial charge in [-0.05, 0) is 36.4 Å². The number of nitrogens with zero attached hydrogens (tertiary/aromatic N) is 3. The first kappa shape index (κ1) is 20.8. The van der Waals surface area contributed by atoms with E-state index in [1.807, 2.05) is 18.2 Å². The molecule has 0 bridgehead atoms. The van der Waals surface area contributed by atoms with E-state index in [0.29, 0.717) is 40.7 Å². The van der Waals surface area contributed by atoms with Crippen LogP contribution >= 0.6 is 0 Å². The molecule has 1 amide bonds. The number of pyridine rings is 1. The Bertz CT molecular complexity index is 1280. The van der Waals surface area contributed by atoms with Gasteiger partial charge >= 0.3 is 5.63 Å². The number of carbonyl (C=O) groups is 1. The molecule has 0 atom stereocenters. The van der Waals surface area contributed by atoms with E-state index in [-0.39, 0.29) is 12.1 Å². The summed E-state index contributed by atoms with van der Waals surface area (Å²) in [5.41, 5.74) is -0.498. The zero-order valence-electron chi connectivity index (χ0n) is 17.2. The molecule has 3 aromatic heterocycles. The highest BCUT2D eigenvalue weighted by molar-refractivity contribution is 5.97. The fourth-order valence-electron chi connectivity index (χ4n) is 2.96. The summed E-state index contributed by atoms with van der Waals surface area (Å²) >= 11 is 0. The van der Waals surface area contributed by atoms with Crippen LogP contribution in [0.15, 0.2) is 70.0 Å². The summed E-state index contributed by atoms with van der Waals surface area (Å²) in [6, 6.07) is 15.7. The van der Waals surface area contributed by atoms with Crippen molar-refractivity contribution in [2.75, 3.05) is 30.8 Å². The zero-order chi connectivity index (χ0) is 22.3. The molecule has 0 aliphatic carbocycles. The number of ether oxygens (including phenoxy) is 1. The normalized spacial score (nSPS) is 10.5. The Labute approximate surface area is 182 Å². The molecule has 0 radical (unpaired) electrons. The van der Waals surface area contributed by atoms with Gasteiger partial charge in [0.15, 0.2) is 17.2 Å². The standard InChI is InChI=1S/C22H20N6O4/c1-31-16-6-4-5-14-13-15(22(30)32-20(14)16)21(29)25-12-11-24-18-8-9-19(28-27-18)26-17-7-2-3-10-23-17/h2-10,13H,11-12H2,1H3,(H,24,27)(H,25,29)(H,23,26,28). The number of para-hydroxylation sites is 1. The van der Waals surface area contributed by atoms with Crippen LogP contribution in [-0.2, 0) is 0 Å². The Kier molecular flexibility index (Phi) is 6.21. The van der Waals surface area contributed by atoms with Crippen LogP contribution in [-0.4, -0.2) is 41.3 Å². The van der Waals surface area contributed by atoms with Gasteiger partial charge in [-0.1, -0.05) is 18.2 Å². The average molecular weight is 432 g/mol. The lowest BCUT2D eigenvalue weighted by Gasteiger charge is -2.08. The predicted octanol–water partition coefficient (Wildman–Crippen LogP) is 2.57. The maximum atomic E-state index is 12.4. The molecule has 1 aromatic carbocycles. The maximum Gasteiger partial charge on any atom is 0.349 e. The minimum Gasteiger partial charge on any atom is -0.493 e. The Morgan fingerprint density at radius 1 is 1.00 bits per heavy atom. The molecular formula is C22H20N6O4. The van der Waals surface area contributed by atoms with E-state index >= 15 is 0 Å². The van der Waals surface area contributed by atoms with Gasteiger partial charge in [0.2, 0.25) is 0 Å². The lowest BCUT2D eigenvalue weighted by molar-refractivity contribution is 0.0951. The van der Waals surface area contributed by atoms with Crippen LogP contribution in [0.25, 0.3) is 11.0 Å². The lowest BCUT2D eigenvalue weighted by Crippen LogP contribution is -2.32. The van der Waals surface area contributed by atoms with Crippen molar-refractivity contribution >= 4 is 34.3 Å². The zero-order valence-corrected chi connectivity index (χ0v) is 17.2. The minimum atomic E-state index is -0.727. The van der Waals surface area contributed by atoms with Gasteiger partial charge in [0.05, 0.1) is 7.11 Å². The summed E-state index contributed by atoms with van der Waals surface area (Å²) in [5.74, 6) is 1.68. The third kappa shape index (κ3) is 4.81. The number of fused-ring (bicyclic) bond motifs is 1. The van der Waals surface area contributed by atoms with E-state index in [4.69, 9.17) is 9.15 Å². The number of hydrogen-bond donors (Lipinski definition) is 3. The molecule has 0 spiro atoms. The van der Waals surface area contributed by atoms with Crippen molar-refractivity contribution in [2.45, 2.75) is 0 Å².